The molecule has 1 heterocycles. The highest BCUT2D eigenvalue weighted by molar-refractivity contribution is 5.85. The molecular weight excluding hydrogens is 260 g/mol. The second-order valence-corrected chi connectivity index (χ2v) is 4.72. The number of imidazole rings is 1. The van der Waals surface area contributed by atoms with E-state index in [-0.39, 0.29) is 11.7 Å². The van der Waals surface area contributed by atoms with Crippen molar-refractivity contribution in [2.45, 2.75) is 31.2 Å². The Morgan fingerprint density at radius 3 is 2.80 bits per heavy atom. The number of nitrogens with one attached hydrogen (secondary N) is 3. The fourth-order valence-corrected chi connectivity index (χ4v) is 2.13. The lowest BCUT2D eigenvalue weighted by Crippen LogP contribution is -2.54. The molecular formula is C13H16N4O3. The van der Waals surface area contributed by atoms with Gasteiger partial charge < -0.3 is 20.7 Å². The lowest BCUT2D eigenvalue weighted by atomic mass is 9.76. The van der Waals surface area contributed by atoms with Crippen molar-refractivity contribution >= 4 is 12.0 Å². The molecule has 106 valence electrons. The Morgan fingerprint density at radius 1 is 1.55 bits per heavy atom. The second kappa shape index (κ2) is 5.65. The van der Waals surface area contributed by atoms with Gasteiger partial charge in [-0.05, 0) is 19.3 Å². The third kappa shape index (κ3) is 2.74. The van der Waals surface area contributed by atoms with Gasteiger partial charge in [0.2, 0.25) is 0 Å². The maximum atomic E-state index is 11.8. The summed E-state index contributed by atoms with van der Waals surface area (Å²) in [6.45, 7) is 0.400. The number of carbonyl (C=O) groups is 2. The van der Waals surface area contributed by atoms with Crippen LogP contribution in [0.2, 0.25) is 0 Å². The van der Waals surface area contributed by atoms with Gasteiger partial charge >= 0.3 is 12.0 Å². The Balaban J connectivity index is 2.03. The van der Waals surface area contributed by atoms with E-state index in [9.17, 15) is 9.59 Å². The van der Waals surface area contributed by atoms with Crippen LogP contribution >= 0.6 is 0 Å². The van der Waals surface area contributed by atoms with E-state index in [1.165, 1.54) is 6.20 Å². The van der Waals surface area contributed by atoms with Crippen LogP contribution in [0.5, 0.6) is 0 Å². The smallest absolute Gasteiger partial charge is 0.353 e. The normalized spacial score (nSPS) is 15.8. The summed E-state index contributed by atoms with van der Waals surface area (Å²) in [7, 11) is 0. The van der Waals surface area contributed by atoms with E-state index in [4.69, 9.17) is 11.5 Å². The van der Waals surface area contributed by atoms with E-state index < -0.39 is 11.5 Å². The first-order chi connectivity index (χ1) is 9.57. The summed E-state index contributed by atoms with van der Waals surface area (Å²) in [5.41, 5.74) is -0.589. The topological polar surface area (TPSA) is 107 Å². The average molecular weight is 276 g/mol. The fraction of sp³-hybridized carbons (Fsp3) is 0.462. The summed E-state index contributed by atoms with van der Waals surface area (Å²) >= 11 is 0. The molecule has 4 N–H and O–H groups in total. The maximum Gasteiger partial charge on any atom is 0.353 e. The molecule has 1 aromatic rings. The van der Waals surface area contributed by atoms with Gasteiger partial charge in [0.15, 0.2) is 0 Å². The van der Waals surface area contributed by atoms with Crippen molar-refractivity contribution in [2.24, 2.45) is 0 Å². The van der Waals surface area contributed by atoms with Crippen LogP contribution in [0.1, 0.15) is 42.0 Å². The van der Waals surface area contributed by atoms with E-state index in [0.29, 0.717) is 18.8 Å². The molecule has 7 nitrogen and oxygen atoms in total. The first kappa shape index (κ1) is 13.9. The van der Waals surface area contributed by atoms with Crippen molar-refractivity contribution in [3.05, 3.63) is 17.7 Å². The first-order valence-corrected chi connectivity index (χ1v) is 6.36. The van der Waals surface area contributed by atoms with Crippen LogP contribution in [0.3, 0.4) is 0 Å². The molecule has 1 aliphatic carbocycles. The van der Waals surface area contributed by atoms with Crippen molar-refractivity contribution in [1.29, 1.82) is 0 Å². The Morgan fingerprint density at radius 2 is 2.30 bits per heavy atom. The van der Waals surface area contributed by atoms with Gasteiger partial charge in [0.1, 0.15) is 11.5 Å². The number of amides is 2. The number of aromatic carboxylic acids is 1. The number of urea groups is 1. The number of carboxylic acids is 1. The third-order valence-electron chi connectivity index (χ3n) is 3.37. The molecule has 0 unspecified atom stereocenters. The highest BCUT2D eigenvalue weighted by atomic mass is 16.4. The molecule has 20 heavy (non-hydrogen) atoms. The number of hydrogen-bond donors (Lipinski definition) is 4. The number of aromatic amines is 1. The van der Waals surface area contributed by atoms with Crippen molar-refractivity contribution in [3.63, 3.8) is 0 Å². The molecule has 2 rings (SSSR count). The molecule has 2 amide bonds. The minimum atomic E-state index is -1.07. The van der Waals surface area contributed by atoms with Gasteiger partial charge in [-0.15, -0.1) is 12.3 Å². The molecule has 0 bridgehead atoms. The Labute approximate surface area is 116 Å². The SMILES string of the molecule is C#CCCNC(=O)NC1(c2ncc(C(=O)O)[nH]2)CCC1. The van der Waals surface area contributed by atoms with Crippen molar-refractivity contribution < 1.29 is 14.7 Å². The average Bonchev–Trinajstić information content (AvgIpc) is 2.84. The number of carbonyl (C=O) groups excluding carboxylic acids is 1. The molecule has 0 aliphatic heterocycles. The van der Waals surface area contributed by atoms with E-state index in [0.717, 1.165) is 19.3 Å². The van der Waals surface area contributed by atoms with Crippen molar-refractivity contribution in [1.82, 2.24) is 20.6 Å². The number of nitrogens with zero attached hydrogens (tertiary/aromatic N) is 1. The monoisotopic (exact) mass is 276 g/mol. The number of terminal acetylenes is 1. The highest BCUT2D eigenvalue weighted by Gasteiger charge is 2.42. The lowest BCUT2D eigenvalue weighted by molar-refractivity contribution is 0.0690. The van der Waals surface area contributed by atoms with Gasteiger partial charge in [0.25, 0.3) is 0 Å². The van der Waals surface area contributed by atoms with E-state index in [2.05, 4.69) is 26.5 Å². The quantitative estimate of drug-likeness (QED) is 0.471. The summed E-state index contributed by atoms with van der Waals surface area (Å²) in [6, 6.07) is -0.326. The number of H-pyrrole nitrogens is 1. The van der Waals surface area contributed by atoms with Gasteiger partial charge in [-0.25, -0.2) is 14.6 Å². The zero-order chi connectivity index (χ0) is 14.6. The van der Waals surface area contributed by atoms with Crippen LogP contribution in [0, 0.1) is 12.3 Å². The van der Waals surface area contributed by atoms with Crippen LogP contribution in [-0.2, 0) is 5.54 Å². The summed E-state index contributed by atoms with van der Waals surface area (Å²) in [4.78, 5) is 29.5. The van der Waals surface area contributed by atoms with Crippen LogP contribution in [0.25, 0.3) is 0 Å². The van der Waals surface area contributed by atoms with Crippen molar-refractivity contribution in [2.75, 3.05) is 6.54 Å². The molecule has 1 fully saturated rings. The van der Waals surface area contributed by atoms with Gasteiger partial charge in [0.05, 0.1) is 11.7 Å². The minimum Gasteiger partial charge on any atom is -0.477 e. The Hall–Kier alpha value is -2.49. The second-order valence-electron chi connectivity index (χ2n) is 4.72. The number of carboxylic acid groups (broad SMARTS) is 1. The lowest BCUT2D eigenvalue weighted by Gasteiger charge is -2.40. The summed E-state index contributed by atoms with van der Waals surface area (Å²) in [5, 5.41) is 14.4. The van der Waals surface area contributed by atoms with E-state index in [1.807, 2.05) is 0 Å². The number of rotatable bonds is 5. The Bertz CT molecular complexity index is 554. The Kier molecular flexibility index (Phi) is 3.94. The van der Waals surface area contributed by atoms with E-state index in [1.54, 1.807) is 0 Å². The van der Waals surface area contributed by atoms with Gasteiger partial charge in [0, 0.05) is 13.0 Å². The predicted octanol–water partition coefficient (Wildman–Crippen LogP) is 0.810. The van der Waals surface area contributed by atoms with E-state index >= 15 is 0 Å². The number of hydrogen-bond acceptors (Lipinski definition) is 3. The fourth-order valence-electron chi connectivity index (χ4n) is 2.13. The van der Waals surface area contributed by atoms with Gasteiger partial charge in [-0.1, -0.05) is 0 Å². The zero-order valence-corrected chi connectivity index (χ0v) is 10.9. The molecule has 0 radical (unpaired) electrons. The molecule has 1 aromatic heterocycles. The number of aromatic nitrogens is 2. The summed E-state index contributed by atoms with van der Waals surface area (Å²) in [5.74, 6) is 1.84. The largest absolute Gasteiger partial charge is 0.477 e. The van der Waals surface area contributed by atoms with Crippen LogP contribution in [0.4, 0.5) is 4.79 Å². The third-order valence-corrected chi connectivity index (χ3v) is 3.37. The summed E-state index contributed by atoms with van der Waals surface area (Å²) in [6.07, 6.45) is 9.23. The first-order valence-electron chi connectivity index (χ1n) is 6.36. The molecule has 7 heteroatoms. The van der Waals surface area contributed by atoms with Gasteiger partial charge in [-0.3, -0.25) is 0 Å². The minimum absolute atomic E-state index is 0.0146. The van der Waals surface area contributed by atoms with Crippen LogP contribution in [0.15, 0.2) is 6.20 Å². The molecule has 1 aliphatic rings. The maximum absolute atomic E-state index is 11.8. The molecule has 0 aromatic carbocycles. The highest BCUT2D eigenvalue weighted by Crippen LogP contribution is 2.39. The molecule has 0 saturated heterocycles. The standard InChI is InChI=1S/C13H16N4O3/c1-2-3-7-14-12(20)17-13(5-4-6-13)11-15-8-9(16-11)10(18)19/h1,8H,3-7H2,(H,15,16)(H,18,19)(H2,14,17,20). The zero-order valence-electron chi connectivity index (χ0n) is 10.9. The van der Waals surface area contributed by atoms with Crippen molar-refractivity contribution in [3.8, 4) is 12.3 Å². The predicted molar refractivity (Wildman–Crippen MR) is 71.1 cm³/mol. The van der Waals surface area contributed by atoms with Crippen LogP contribution in [-0.4, -0.2) is 33.6 Å². The molecule has 1 saturated carbocycles. The molecule has 0 spiro atoms. The molecule has 0 atom stereocenters. The summed E-state index contributed by atoms with van der Waals surface area (Å²) < 4.78 is 0. The van der Waals surface area contributed by atoms with Gasteiger partial charge in [-0.2, -0.15) is 0 Å². The van der Waals surface area contributed by atoms with Crippen LogP contribution < -0.4 is 10.6 Å².